The summed E-state index contributed by atoms with van der Waals surface area (Å²) >= 11 is 2.00. The smallest absolute Gasteiger partial charge is 0.321 e. The molecule has 2 fully saturated rings. The maximum atomic E-state index is 13.7. The molecular formula is C26H34N2O4S. The Hall–Kier alpha value is -2.38. The van der Waals surface area contributed by atoms with Gasteiger partial charge in [-0.1, -0.05) is 37.1 Å². The Morgan fingerprint density at radius 1 is 0.879 bits per heavy atom. The highest BCUT2D eigenvalue weighted by Gasteiger charge is 2.52. The molecule has 2 heterocycles. The first-order valence-corrected chi connectivity index (χ1v) is 12.7. The van der Waals surface area contributed by atoms with Crippen molar-refractivity contribution in [2.75, 3.05) is 26.6 Å². The van der Waals surface area contributed by atoms with Gasteiger partial charge in [0, 0.05) is 30.7 Å². The fourth-order valence-corrected chi connectivity index (χ4v) is 6.57. The van der Waals surface area contributed by atoms with E-state index in [9.17, 15) is 4.79 Å². The molecule has 0 unspecified atom stereocenters. The summed E-state index contributed by atoms with van der Waals surface area (Å²) < 4.78 is 10.6. The number of thioether (sulfide) groups is 1. The third-order valence-corrected chi connectivity index (χ3v) is 8.16. The van der Waals surface area contributed by atoms with E-state index in [0.717, 1.165) is 54.1 Å². The summed E-state index contributed by atoms with van der Waals surface area (Å²) in [4.78, 5) is 17.8. The Kier molecular flexibility index (Phi) is 8.04. The molecule has 0 spiro atoms. The number of hydrogen-bond donors (Lipinski definition) is 1. The quantitative estimate of drug-likeness (QED) is 0.386. The highest BCUT2D eigenvalue weighted by molar-refractivity contribution is 8.00. The average Bonchev–Trinajstić information content (AvgIpc) is 3.37. The number of aliphatic hydroxyl groups excluding tert-OH is 1. The van der Waals surface area contributed by atoms with Gasteiger partial charge < -0.3 is 24.4 Å². The number of nitrogens with zero attached hydrogens (tertiary/aromatic N) is 2. The van der Waals surface area contributed by atoms with Gasteiger partial charge in [-0.2, -0.15) is 11.8 Å². The molecular weight excluding hydrogens is 436 g/mol. The second kappa shape index (κ2) is 11.2. The zero-order valence-electron chi connectivity index (χ0n) is 19.5. The van der Waals surface area contributed by atoms with Crippen LogP contribution in [0.1, 0.15) is 36.8 Å². The molecule has 0 bridgehead atoms. The molecule has 2 aliphatic rings. The van der Waals surface area contributed by atoms with Crippen LogP contribution in [0.5, 0.6) is 11.5 Å². The molecule has 0 aromatic heterocycles. The van der Waals surface area contributed by atoms with Gasteiger partial charge in [-0.15, -0.1) is 0 Å². The molecule has 6 nitrogen and oxygen atoms in total. The molecule has 2 aromatic carbocycles. The van der Waals surface area contributed by atoms with E-state index in [1.165, 1.54) is 0 Å². The Labute approximate surface area is 200 Å². The number of methoxy groups -OCH3 is 2. The van der Waals surface area contributed by atoms with Gasteiger partial charge in [-0.05, 0) is 48.2 Å². The zero-order valence-corrected chi connectivity index (χ0v) is 20.3. The molecule has 2 amide bonds. The fraction of sp³-hybridized carbons (Fsp3) is 0.500. The van der Waals surface area contributed by atoms with Gasteiger partial charge in [-0.25, -0.2) is 4.79 Å². The summed E-state index contributed by atoms with van der Waals surface area (Å²) in [6.45, 7) is 1.47. The summed E-state index contributed by atoms with van der Waals surface area (Å²) in [7, 11) is 3.33. The molecule has 2 saturated heterocycles. The molecule has 178 valence electrons. The predicted molar refractivity (Wildman–Crippen MR) is 132 cm³/mol. The van der Waals surface area contributed by atoms with E-state index in [0.29, 0.717) is 18.3 Å². The zero-order chi connectivity index (χ0) is 23.2. The molecule has 0 saturated carbocycles. The van der Waals surface area contributed by atoms with E-state index < -0.39 is 0 Å². The lowest BCUT2D eigenvalue weighted by Gasteiger charge is -2.27. The number of rotatable bonds is 11. The average molecular weight is 471 g/mol. The minimum Gasteiger partial charge on any atom is -0.497 e. The number of aliphatic hydroxyl groups is 1. The van der Waals surface area contributed by atoms with Crippen molar-refractivity contribution in [3.8, 4) is 11.5 Å². The van der Waals surface area contributed by atoms with Crippen molar-refractivity contribution < 1.29 is 19.4 Å². The van der Waals surface area contributed by atoms with E-state index in [-0.39, 0.29) is 24.7 Å². The molecule has 2 aliphatic heterocycles. The Morgan fingerprint density at radius 2 is 1.45 bits per heavy atom. The van der Waals surface area contributed by atoms with Crippen LogP contribution in [0.4, 0.5) is 4.79 Å². The second-order valence-electron chi connectivity index (χ2n) is 8.74. The van der Waals surface area contributed by atoms with Crippen molar-refractivity contribution in [3.63, 3.8) is 0 Å². The van der Waals surface area contributed by atoms with Crippen LogP contribution in [-0.2, 0) is 13.1 Å². The van der Waals surface area contributed by atoms with Gasteiger partial charge >= 0.3 is 6.03 Å². The summed E-state index contributed by atoms with van der Waals surface area (Å²) in [6, 6.07) is 16.5. The number of carbonyl (C=O) groups excluding carboxylic acids is 1. The summed E-state index contributed by atoms with van der Waals surface area (Å²) in [5.41, 5.74) is 2.23. The van der Waals surface area contributed by atoms with Crippen LogP contribution in [0.25, 0.3) is 0 Å². The minimum absolute atomic E-state index is 0.122. The van der Waals surface area contributed by atoms with E-state index in [2.05, 4.69) is 9.80 Å². The highest BCUT2D eigenvalue weighted by atomic mass is 32.2. The number of hydrogen-bond acceptors (Lipinski definition) is 5. The van der Waals surface area contributed by atoms with Crippen LogP contribution in [0.15, 0.2) is 48.5 Å². The summed E-state index contributed by atoms with van der Waals surface area (Å²) in [5, 5.41) is 9.54. The predicted octanol–water partition coefficient (Wildman–Crippen LogP) is 4.55. The number of unbranched alkanes of at least 4 members (excludes halogenated alkanes) is 2. The second-order valence-corrected chi connectivity index (χ2v) is 10.0. The van der Waals surface area contributed by atoms with Crippen molar-refractivity contribution in [1.29, 1.82) is 0 Å². The molecule has 4 rings (SSSR count). The first kappa shape index (κ1) is 23.8. The molecule has 1 N–H and O–H groups in total. The van der Waals surface area contributed by atoms with Gasteiger partial charge in [0.1, 0.15) is 11.5 Å². The normalized spacial score (nSPS) is 22.0. The van der Waals surface area contributed by atoms with Crippen LogP contribution in [0, 0.1) is 0 Å². The Morgan fingerprint density at radius 3 is 2.00 bits per heavy atom. The van der Waals surface area contributed by atoms with Gasteiger partial charge in [0.15, 0.2) is 0 Å². The standard InChI is InChI=1S/C26H34N2O4S/c1-31-21-11-7-19(8-12-21)16-27-23-18-33-24(6-4-3-5-15-29)25(23)28(26(27)30)17-20-9-13-22(32-2)14-10-20/h7-14,23-25,29H,3-6,15-18H2,1-2H3/t23-,24-,25-/m0/s1. The number of benzene rings is 2. The van der Waals surface area contributed by atoms with E-state index in [1.54, 1.807) is 14.2 Å². The van der Waals surface area contributed by atoms with Crippen LogP contribution < -0.4 is 9.47 Å². The van der Waals surface area contributed by atoms with Crippen LogP contribution >= 0.6 is 11.8 Å². The molecule has 0 radical (unpaired) electrons. The molecule has 3 atom stereocenters. The molecule has 0 aliphatic carbocycles. The van der Waals surface area contributed by atoms with Crippen molar-refractivity contribution in [1.82, 2.24) is 9.80 Å². The van der Waals surface area contributed by atoms with Crippen molar-refractivity contribution in [3.05, 3.63) is 59.7 Å². The highest BCUT2D eigenvalue weighted by Crippen LogP contribution is 2.43. The van der Waals surface area contributed by atoms with Crippen LogP contribution in [0.3, 0.4) is 0 Å². The van der Waals surface area contributed by atoms with E-state index in [4.69, 9.17) is 14.6 Å². The van der Waals surface area contributed by atoms with Crippen molar-refractivity contribution in [2.45, 2.75) is 56.1 Å². The summed E-state index contributed by atoms with van der Waals surface area (Å²) in [5.74, 6) is 2.62. The lowest BCUT2D eigenvalue weighted by molar-refractivity contribution is 0.180. The lowest BCUT2D eigenvalue weighted by Crippen LogP contribution is -2.40. The Balaban J connectivity index is 1.53. The fourth-order valence-electron chi connectivity index (χ4n) is 4.89. The number of amides is 2. The third-order valence-electron chi connectivity index (χ3n) is 6.68. The van der Waals surface area contributed by atoms with Crippen LogP contribution in [-0.4, -0.2) is 64.9 Å². The van der Waals surface area contributed by atoms with Gasteiger partial charge in [0.2, 0.25) is 0 Å². The number of ether oxygens (including phenoxy) is 2. The number of carbonyl (C=O) groups is 1. The van der Waals surface area contributed by atoms with Gasteiger partial charge in [-0.3, -0.25) is 0 Å². The summed E-state index contributed by atoms with van der Waals surface area (Å²) in [6.07, 6.45) is 4.05. The number of fused-ring (bicyclic) bond motifs is 1. The maximum absolute atomic E-state index is 13.7. The first-order valence-electron chi connectivity index (χ1n) is 11.7. The topological polar surface area (TPSA) is 62.2 Å². The molecule has 2 aromatic rings. The monoisotopic (exact) mass is 470 g/mol. The first-order chi connectivity index (χ1) is 16.1. The van der Waals surface area contributed by atoms with Crippen LogP contribution in [0.2, 0.25) is 0 Å². The minimum atomic E-state index is 0.122. The van der Waals surface area contributed by atoms with Gasteiger partial charge in [0.05, 0.1) is 26.3 Å². The molecule has 7 heteroatoms. The maximum Gasteiger partial charge on any atom is 0.321 e. The van der Waals surface area contributed by atoms with Gasteiger partial charge in [0.25, 0.3) is 0 Å². The van der Waals surface area contributed by atoms with E-state index >= 15 is 0 Å². The van der Waals surface area contributed by atoms with E-state index in [1.807, 2.05) is 60.3 Å². The lowest BCUT2D eigenvalue weighted by atomic mass is 10.0. The van der Waals surface area contributed by atoms with Crippen molar-refractivity contribution in [2.24, 2.45) is 0 Å². The largest absolute Gasteiger partial charge is 0.497 e. The third kappa shape index (κ3) is 5.41. The van der Waals surface area contributed by atoms with Crippen molar-refractivity contribution >= 4 is 17.8 Å². The number of urea groups is 1. The SMILES string of the molecule is COc1ccc(CN2C(=O)N(Cc3ccc(OC)cc3)[C@H]3CS[C@@H](CCCCCO)[C@H]32)cc1. The molecule has 33 heavy (non-hydrogen) atoms. The Bertz CT molecular complexity index is 906.